The summed E-state index contributed by atoms with van der Waals surface area (Å²) in [5.41, 5.74) is -0.998. The van der Waals surface area contributed by atoms with E-state index in [4.69, 9.17) is 0 Å². The Morgan fingerprint density at radius 1 is 1.32 bits per heavy atom. The molecule has 0 aliphatic heterocycles. The van der Waals surface area contributed by atoms with Gasteiger partial charge in [-0.15, -0.1) is 0 Å². The van der Waals surface area contributed by atoms with Crippen LogP contribution in [-0.4, -0.2) is 25.6 Å². The Bertz CT molecular complexity index is 985. The number of nitrogens with zero attached hydrogens (tertiary/aromatic N) is 3. The maximum atomic E-state index is 13.2. The first-order valence-electron chi connectivity index (χ1n) is 6.90. The molecule has 0 bridgehead atoms. The minimum absolute atomic E-state index is 0.0411. The first-order chi connectivity index (χ1) is 11.7. The summed E-state index contributed by atoms with van der Waals surface area (Å²) in [5, 5.41) is 15.6. The minimum Gasteiger partial charge on any atom is -0.508 e. The van der Waals surface area contributed by atoms with E-state index in [1.807, 2.05) is 0 Å². The van der Waals surface area contributed by atoms with Crippen LogP contribution < -0.4 is 5.32 Å². The van der Waals surface area contributed by atoms with Gasteiger partial charge < -0.3 is 10.4 Å². The van der Waals surface area contributed by atoms with Gasteiger partial charge in [0.05, 0.1) is 4.47 Å². The Balaban J connectivity index is 2.08. The topological polar surface area (TPSA) is 79.5 Å². The summed E-state index contributed by atoms with van der Waals surface area (Å²) in [5.74, 6) is -0.808. The Kier molecular flexibility index (Phi) is 4.15. The lowest BCUT2D eigenvalue weighted by atomic mass is 10.3. The number of aromatic hydroxyl groups is 1. The van der Waals surface area contributed by atoms with Gasteiger partial charge in [-0.05, 0) is 41.1 Å². The average Bonchev–Trinajstić information content (AvgIpc) is 2.83. The van der Waals surface area contributed by atoms with Crippen molar-refractivity contribution in [1.29, 1.82) is 0 Å². The molecule has 3 aromatic rings. The molecule has 10 heteroatoms. The summed E-state index contributed by atoms with van der Waals surface area (Å²) < 4.78 is 40.2. The van der Waals surface area contributed by atoms with E-state index in [-0.39, 0.29) is 32.9 Å². The standard InChI is InChI=1S/C15H10BrF3N4O2/c1-7-5-10(15(17,18)19)23-13(20-7)11(16)12(22-23)14(25)21-8-3-2-4-9(24)6-8/h2-6,24H,1H3,(H,21,25). The average molecular weight is 415 g/mol. The second-order valence-electron chi connectivity index (χ2n) is 5.18. The summed E-state index contributed by atoms with van der Waals surface area (Å²) in [6.45, 7) is 1.42. The van der Waals surface area contributed by atoms with Crippen LogP contribution in [0.25, 0.3) is 5.65 Å². The molecular weight excluding hydrogens is 405 g/mol. The molecule has 0 unspecified atom stereocenters. The monoisotopic (exact) mass is 414 g/mol. The number of anilines is 1. The number of hydrogen-bond donors (Lipinski definition) is 2. The molecule has 0 radical (unpaired) electrons. The summed E-state index contributed by atoms with van der Waals surface area (Å²) in [6.07, 6.45) is -4.66. The minimum atomic E-state index is -4.66. The molecule has 1 amide bonds. The quantitative estimate of drug-likeness (QED) is 0.668. The van der Waals surface area contributed by atoms with E-state index in [0.717, 1.165) is 6.07 Å². The van der Waals surface area contributed by atoms with Crippen molar-refractivity contribution in [2.45, 2.75) is 13.1 Å². The van der Waals surface area contributed by atoms with Crippen molar-refractivity contribution in [1.82, 2.24) is 14.6 Å². The van der Waals surface area contributed by atoms with E-state index < -0.39 is 17.8 Å². The fraction of sp³-hybridized carbons (Fsp3) is 0.133. The number of aromatic nitrogens is 3. The zero-order valence-corrected chi connectivity index (χ0v) is 14.2. The Labute approximate surface area is 147 Å². The van der Waals surface area contributed by atoms with E-state index in [1.54, 1.807) is 0 Å². The van der Waals surface area contributed by atoms with Crippen molar-refractivity contribution in [3.8, 4) is 5.75 Å². The van der Waals surface area contributed by atoms with Crippen LogP contribution in [0.15, 0.2) is 34.8 Å². The normalized spacial score (nSPS) is 11.7. The molecule has 0 aliphatic carbocycles. The molecule has 130 valence electrons. The molecule has 0 fully saturated rings. The fourth-order valence-corrected chi connectivity index (χ4v) is 2.75. The predicted octanol–water partition coefficient (Wildman–Crippen LogP) is 3.78. The van der Waals surface area contributed by atoms with Crippen LogP contribution in [-0.2, 0) is 6.18 Å². The number of amides is 1. The third kappa shape index (κ3) is 3.29. The molecule has 1 aromatic carbocycles. The number of hydrogen-bond acceptors (Lipinski definition) is 4. The summed E-state index contributed by atoms with van der Waals surface area (Å²) in [7, 11) is 0. The Hall–Kier alpha value is -2.62. The van der Waals surface area contributed by atoms with Gasteiger partial charge in [-0.25, -0.2) is 9.50 Å². The van der Waals surface area contributed by atoms with Crippen LogP contribution in [0.2, 0.25) is 0 Å². The van der Waals surface area contributed by atoms with Gasteiger partial charge in [0.1, 0.15) is 11.4 Å². The Morgan fingerprint density at radius 2 is 2.04 bits per heavy atom. The zero-order valence-electron chi connectivity index (χ0n) is 12.6. The number of nitrogens with one attached hydrogen (secondary N) is 1. The van der Waals surface area contributed by atoms with Gasteiger partial charge in [0.25, 0.3) is 5.91 Å². The number of phenolic OH excluding ortho intramolecular Hbond substituents is 1. The molecule has 2 N–H and O–H groups in total. The van der Waals surface area contributed by atoms with E-state index in [9.17, 15) is 23.1 Å². The first kappa shape index (κ1) is 17.2. The van der Waals surface area contributed by atoms with Crippen molar-refractivity contribution >= 4 is 33.2 Å². The lowest BCUT2D eigenvalue weighted by Crippen LogP contribution is -2.15. The van der Waals surface area contributed by atoms with Crippen molar-refractivity contribution in [2.24, 2.45) is 0 Å². The highest BCUT2D eigenvalue weighted by atomic mass is 79.9. The molecule has 6 nitrogen and oxygen atoms in total. The van der Waals surface area contributed by atoms with Gasteiger partial charge in [0.15, 0.2) is 11.3 Å². The van der Waals surface area contributed by atoms with Crippen molar-refractivity contribution < 1.29 is 23.1 Å². The van der Waals surface area contributed by atoms with Crippen molar-refractivity contribution in [3.05, 3.63) is 51.9 Å². The van der Waals surface area contributed by atoms with Crippen molar-refractivity contribution in [2.75, 3.05) is 5.32 Å². The smallest absolute Gasteiger partial charge is 0.433 e. The van der Waals surface area contributed by atoms with Crippen molar-refractivity contribution in [3.63, 3.8) is 0 Å². The number of benzene rings is 1. The van der Waals surface area contributed by atoms with Crippen LogP contribution in [0.5, 0.6) is 5.75 Å². The molecule has 0 saturated carbocycles. The molecular formula is C15H10BrF3N4O2. The van der Waals surface area contributed by atoms with E-state index in [1.165, 1.54) is 31.2 Å². The van der Waals surface area contributed by atoms with E-state index in [0.29, 0.717) is 4.52 Å². The number of aryl methyl sites for hydroxylation is 1. The third-order valence-electron chi connectivity index (χ3n) is 3.27. The van der Waals surface area contributed by atoms with Crippen LogP contribution in [0.4, 0.5) is 18.9 Å². The highest BCUT2D eigenvalue weighted by Crippen LogP contribution is 2.32. The molecule has 0 aliphatic rings. The van der Waals surface area contributed by atoms with E-state index >= 15 is 0 Å². The number of carbonyl (C=O) groups excluding carboxylic acids is 1. The van der Waals surface area contributed by atoms with E-state index in [2.05, 4.69) is 31.3 Å². The van der Waals surface area contributed by atoms with Crippen LogP contribution in [0.1, 0.15) is 21.9 Å². The van der Waals surface area contributed by atoms with Gasteiger partial charge in [-0.2, -0.15) is 18.3 Å². The van der Waals surface area contributed by atoms with Gasteiger partial charge in [-0.3, -0.25) is 4.79 Å². The molecule has 0 spiro atoms. The number of fused-ring (bicyclic) bond motifs is 1. The lowest BCUT2D eigenvalue weighted by molar-refractivity contribution is -0.142. The van der Waals surface area contributed by atoms with Gasteiger partial charge in [0.2, 0.25) is 0 Å². The summed E-state index contributed by atoms with van der Waals surface area (Å²) in [6, 6.07) is 6.59. The molecule has 2 aromatic heterocycles. The molecule has 25 heavy (non-hydrogen) atoms. The number of alkyl halides is 3. The molecule has 2 heterocycles. The number of rotatable bonds is 2. The second kappa shape index (κ2) is 6.03. The maximum Gasteiger partial charge on any atom is 0.433 e. The number of carbonyl (C=O) groups is 1. The third-order valence-corrected chi connectivity index (χ3v) is 4.00. The highest BCUT2D eigenvalue weighted by molar-refractivity contribution is 9.10. The first-order valence-corrected chi connectivity index (χ1v) is 7.69. The molecule has 0 saturated heterocycles. The largest absolute Gasteiger partial charge is 0.508 e. The SMILES string of the molecule is Cc1cc(C(F)(F)F)n2nc(C(=O)Nc3cccc(O)c3)c(Br)c2n1. The predicted molar refractivity (Wildman–Crippen MR) is 86.5 cm³/mol. The van der Waals surface area contributed by atoms with Crippen LogP contribution in [0, 0.1) is 6.92 Å². The van der Waals surface area contributed by atoms with Gasteiger partial charge >= 0.3 is 6.18 Å². The highest BCUT2D eigenvalue weighted by Gasteiger charge is 2.36. The Morgan fingerprint density at radius 3 is 2.68 bits per heavy atom. The summed E-state index contributed by atoms with van der Waals surface area (Å²) in [4.78, 5) is 16.4. The zero-order chi connectivity index (χ0) is 18.4. The second-order valence-corrected chi connectivity index (χ2v) is 5.98. The number of phenols is 1. The lowest BCUT2D eigenvalue weighted by Gasteiger charge is -2.09. The van der Waals surface area contributed by atoms with Gasteiger partial charge in [0, 0.05) is 17.4 Å². The summed E-state index contributed by atoms with van der Waals surface area (Å²) >= 11 is 3.09. The fourth-order valence-electron chi connectivity index (χ4n) is 2.23. The van der Waals surface area contributed by atoms with Crippen LogP contribution >= 0.6 is 15.9 Å². The number of halogens is 4. The molecule has 3 rings (SSSR count). The maximum absolute atomic E-state index is 13.2. The molecule has 0 atom stereocenters. The van der Waals surface area contributed by atoms with Gasteiger partial charge in [-0.1, -0.05) is 6.07 Å². The van der Waals surface area contributed by atoms with Crippen LogP contribution in [0.3, 0.4) is 0 Å².